The lowest BCUT2D eigenvalue weighted by molar-refractivity contribution is 0.0303. The van der Waals surface area contributed by atoms with E-state index in [4.69, 9.17) is 9.47 Å². The first-order valence-corrected chi connectivity index (χ1v) is 10.4. The highest BCUT2D eigenvalue weighted by Gasteiger charge is 2.23. The van der Waals surface area contributed by atoms with Crippen molar-refractivity contribution in [1.82, 2.24) is 9.62 Å². The number of hydrogen-bond donors (Lipinski definition) is 1. The van der Waals surface area contributed by atoms with Gasteiger partial charge in [0.15, 0.2) is 0 Å². The van der Waals surface area contributed by atoms with Gasteiger partial charge in [-0.1, -0.05) is 18.2 Å². The predicted octanol–water partition coefficient (Wildman–Crippen LogP) is 1.71. The van der Waals surface area contributed by atoms with Gasteiger partial charge in [0, 0.05) is 30.6 Å². The zero-order chi connectivity index (χ0) is 18.6. The molecule has 1 N–H and O–H groups in total. The number of benzene rings is 1. The minimum atomic E-state index is -3.71. The number of carbonyl (C=O) groups is 1. The van der Waals surface area contributed by atoms with Gasteiger partial charge in [-0.3, -0.25) is 4.79 Å². The van der Waals surface area contributed by atoms with Gasteiger partial charge >= 0.3 is 0 Å². The number of para-hydroxylation sites is 1. The Morgan fingerprint density at radius 2 is 2.04 bits per heavy atom. The van der Waals surface area contributed by atoms with Crippen molar-refractivity contribution < 1.29 is 22.7 Å². The van der Waals surface area contributed by atoms with Gasteiger partial charge in [-0.05, 0) is 12.1 Å². The Kier molecular flexibility index (Phi) is 5.92. The molecule has 1 aliphatic rings. The van der Waals surface area contributed by atoms with E-state index in [9.17, 15) is 13.2 Å². The average Bonchev–Trinajstić information content (AvgIpc) is 3.18. The molecule has 1 saturated heterocycles. The van der Waals surface area contributed by atoms with Crippen molar-refractivity contribution in [1.29, 1.82) is 0 Å². The van der Waals surface area contributed by atoms with Gasteiger partial charge in [0.1, 0.15) is 9.96 Å². The van der Waals surface area contributed by atoms with E-state index in [1.54, 1.807) is 22.4 Å². The van der Waals surface area contributed by atoms with Crippen LogP contribution in [0.2, 0.25) is 0 Å². The zero-order valence-electron chi connectivity index (χ0n) is 14.3. The minimum absolute atomic E-state index is 0.108. The highest BCUT2D eigenvalue weighted by molar-refractivity contribution is 7.91. The molecule has 7 nitrogen and oxygen atoms in total. The van der Waals surface area contributed by atoms with Gasteiger partial charge in [-0.15, -0.1) is 11.3 Å². The van der Waals surface area contributed by atoms with Gasteiger partial charge in [0.05, 0.1) is 25.9 Å². The van der Waals surface area contributed by atoms with Crippen LogP contribution in [0.3, 0.4) is 0 Å². The third-order valence-corrected chi connectivity index (χ3v) is 6.87. The molecule has 1 aromatic heterocycles. The molecule has 0 bridgehead atoms. The number of nitrogens with zero attached hydrogens (tertiary/aromatic N) is 1. The third-order valence-electron chi connectivity index (χ3n) is 4.03. The summed E-state index contributed by atoms with van der Waals surface area (Å²) in [6.45, 7) is 2.14. The Bertz CT molecular complexity index is 873. The zero-order valence-corrected chi connectivity index (χ0v) is 15.9. The molecule has 0 atom stereocenters. The molecular weight excluding hydrogens is 376 g/mol. The molecule has 0 spiro atoms. The number of sulfonamides is 1. The maximum Gasteiger partial charge on any atom is 0.254 e. The number of nitrogens with one attached hydrogen (secondary N) is 1. The van der Waals surface area contributed by atoms with Crippen LogP contribution < -0.4 is 9.46 Å². The van der Waals surface area contributed by atoms with Crippen LogP contribution in [-0.2, 0) is 21.3 Å². The topological polar surface area (TPSA) is 84.9 Å². The first-order chi connectivity index (χ1) is 12.5. The summed E-state index contributed by atoms with van der Waals surface area (Å²) >= 11 is 1.03. The fourth-order valence-corrected chi connectivity index (χ4v) is 4.82. The standard InChI is InChI=1S/C17H20N2O5S2/c1-23-15-5-3-2-4-13(15)11-18-26(21,22)16-10-14(12-25-16)17(20)19-6-8-24-9-7-19/h2-5,10,12,18H,6-9,11H2,1H3. The summed E-state index contributed by atoms with van der Waals surface area (Å²) in [5.74, 6) is 0.445. The van der Waals surface area contributed by atoms with E-state index in [1.807, 2.05) is 12.1 Å². The molecule has 140 valence electrons. The SMILES string of the molecule is COc1ccccc1CNS(=O)(=O)c1cc(C(=O)N2CCOCC2)cs1. The van der Waals surface area contributed by atoms with Crippen molar-refractivity contribution in [2.24, 2.45) is 0 Å². The molecule has 0 saturated carbocycles. The number of hydrogen-bond acceptors (Lipinski definition) is 6. The van der Waals surface area contributed by atoms with Crippen molar-refractivity contribution in [2.75, 3.05) is 33.4 Å². The van der Waals surface area contributed by atoms with E-state index in [2.05, 4.69) is 4.72 Å². The third kappa shape index (κ3) is 4.24. The molecule has 0 radical (unpaired) electrons. The average molecular weight is 396 g/mol. The van der Waals surface area contributed by atoms with Crippen molar-refractivity contribution >= 4 is 27.3 Å². The van der Waals surface area contributed by atoms with Crippen molar-refractivity contribution in [3.63, 3.8) is 0 Å². The van der Waals surface area contributed by atoms with Gasteiger partial charge in [-0.25, -0.2) is 13.1 Å². The van der Waals surface area contributed by atoms with Crippen LogP contribution in [0, 0.1) is 0 Å². The second-order valence-corrected chi connectivity index (χ2v) is 8.60. The largest absolute Gasteiger partial charge is 0.496 e. The van der Waals surface area contributed by atoms with Crippen LogP contribution in [0.5, 0.6) is 5.75 Å². The summed E-state index contributed by atoms with van der Waals surface area (Å²) in [5, 5.41) is 1.58. The van der Waals surface area contributed by atoms with Crippen LogP contribution >= 0.6 is 11.3 Å². The van der Waals surface area contributed by atoms with Crippen LogP contribution in [0.1, 0.15) is 15.9 Å². The predicted molar refractivity (Wildman–Crippen MR) is 98.1 cm³/mol. The lowest BCUT2D eigenvalue weighted by Crippen LogP contribution is -2.40. The summed E-state index contributed by atoms with van der Waals surface area (Å²) in [6.07, 6.45) is 0. The Labute approximate surface area is 156 Å². The lowest BCUT2D eigenvalue weighted by Gasteiger charge is -2.26. The fourth-order valence-electron chi connectivity index (χ4n) is 2.61. The van der Waals surface area contributed by atoms with Crippen LogP contribution in [0.4, 0.5) is 0 Å². The highest BCUT2D eigenvalue weighted by atomic mass is 32.2. The Hall–Kier alpha value is -1.94. The van der Waals surface area contributed by atoms with Gasteiger partial charge in [0.25, 0.3) is 5.91 Å². The van der Waals surface area contributed by atoms with Gasteiger partial charge in [-0.2, -0.15) is 0 Å². The second-order valence-electron chi connectivity index (χ2n) is 5.70. The molecule has 26 heavy (non-hydrogen) atoms. The molecule has 9 heteroatoms. The molecule has 2 aromatic rings. The first-order valence-electron chi connectivity index (χ1n) is 8.08. The summed E-state index contributed by atoms with van der Waals surface area (Å²) in [7, 11) is -2.17. The maximum atomic E-state index is 12.5. The van der Waals surface area contributed by atoms with E-state index in [0.29, 0.717) is 37.6 Å². The molecule has 1 aliphatic heterocycles. The molecule has 3 rings (SSSR count). The normalized spacial score (nSPS) is 15.0. The van der Waals surface area contributed by atoms with E-state index >= 15 is 0 Å². The smallest absolute Gasteiger partial charge is 0.254 e. The van der Waals surface area contributed by atoms with E-state index < -0.39 is 10.0 Å². The monoisotopic (exact) mass is 396 g/mol. The van der Waals surface area contributed by atoms with Crippen molar-refractivity contribution in [3.05, 3.63) is 46.8 Å². The van der Waals surface area contributed by atoms with Gasteiger partial charge < -0.3 is 14.4 Å². The number of methoxy groups -OCH3 is 1. The Morgan fingerprint density at radius 1 is 1.31 bits per heavy atom. The highest BCUT2D eigenvalue weighted by Crippen LogP contribution is 2.23. The number of thiophene rings is 1. The molecule has 2 heterocycles. The molecule has 0 unspecified atom stereocenters. The number of amides is 1. The summed E-state index contributed by atoms with van der Waals surface area (Å²) in [4.78, 5) is 14.1. The molecule has 1 fully saturated rings. The molecule has 1 aromatic carbocycles. The van der Waals surface area contributed by atoms with Crippen LogP contribution in [-0.4, -0.2) is 52.6 Å². The number of carbonyl (C=O) groups excluding carboxylic acids is 1. The van der Waals surface area contributed by atoms with E-state index in [-0.39, 0.29) is 16.7 Å². The second kappa shape index (κ2) is 8.17. The molecule has 1 amide bonds. The van der Waals surface area contributed by atoms with Crippen LogP contribution in [0.15, 0.2) is 39.9 Å². The van der Waals surface area contributed by atoms with E-state index in [1.165, 1.54) is 13.2 Å². The molecule has 0 aliphatic carbocycles. The summed E-state index contributed by atoms with van der Waals surface area (Å²) < 4.78 is 38.2. The Balaban J connectivity index is 1.70. The maximum absolute atomic E-state index is 12.5. The summed E-state index contributed by atoms with van der Waals surface area (Å²) in [6, 6.07) is 8.63. The van der Waals surface area contributed by atoms with Gasteiger partial charge in [0.2, 0.25) is 10.0 Å². The van der Waals surface area contributed by atoms with Crippen LogP contribution in [0.25, 0.3) is 0 Å². The minimum Gasteiger partial charge on any atom is -0.496 e. The van der Waals surface area contributed by atoms with E-state index in [0.717, 1.165) is 16.9 Å². The number of rotatable bonds is 6. The first kappa shape index (κ1) is 18.8. The quantitative estimate of drug-likeness (QED) is 0.804. The fraction of sp³-hybridized carbons (Fsp3) is 0.353. The Morgan fingerprint density at radius 3 is 2.77 bits per heavy atom. The number of ether oxygens (including phenoxy) is 2. The van der Waals surface area contributed by atoms with Crippen molar-refractivity contribution in [2.45, 2.75) is 10.8 Å². The number of morpholine rings is 1. The summed E-state index contributed by atoms with van der Waals surface area (Å²) in [5.41, 5.74) is 1.12. The van der Waals surface area contributed by atoms with Crippen molar-refractivity contribution in [3.8, 4) is 5.75 Å². The molecular formula is C17H20N2O5S2. The lowest BCUT2D eigenvalue weighted by atomic mass is 10.2.